The van der Waals surface area contributed by atoms with Gasteiger partial charge in [0, 0.05) is 39.5 Å². The van der Waals surface area contributed by atoms with E-state index in [0.29, 0.717) is 12.1 Å². The van der Waals surface area contributed by atoms with Gasteiger partial charge in [-0.3, -0.25) is 4.99 Å². The van der Waals surface area contributed by atoms with Crippen LogP contribution in [0.25, 0.3) is 0 Å². The second-order valence-electron chi connectivity index (χ2n) is 6.55. The van der Waals surface area contributed by atoms with Gasteiger partial charge >= 0.3 is 0 Å². The molecule has 0 aromatic heterocycles. The number of ether oxygens (including phenoxy) is 2. The standard InChI is InChI=1S/C17H35N3O2.HI/c1-14(2)6-7-15(3)20-17(18-4)19-10-5-11-22-16-8-12-21-13-9-16;/h14-16H,5-13H2,1-4H3,(H2,18,19,20);1H. The Morgan fingerprint density at radius 3 is 2.52 bits per heavy atom. The number of nitrogens with zero attached hydrogens (tertiary/aromatic N) is 1. The van der Waals surface area contributed by atoms with Gasteiger partial charge in [-0.25, -0.2) is 0 Å². The molecule has 0 saturated carbocycles. The Labute approximate surface area is 159 Å². The average molecular weight is 441 g/mol. The van der Waals surface area contributed by atoms with Crippen LogP contribution < -0.4 is 10.6 Å². The van der Waals surface area contributed by atoms with Crippen LogP contribution in [0.1, 0.15) is 52.9 Å². The van der Waals surface area contributed by atoms with Crippen molar-refractivity contribution in [2.24, 2.45) is 10.9 Å². The lowest BCUT2D eigenvalue weighted by Crippen LogP contribution is -2.42. The van der Waals surface area contributed by atoms with Crippen molar-refractivity contribution in [1.29, 1.82) is 0 Å². The highest BCUT2D eigenvalue weighted by Gasteiger charge is 2.13. The summed E-state index contributed by atoms with van der Waals surface area (Å²) in [6.07, 6.45) is 5.86. The zero-order valence-electron chi connectivity index (χ0n) is 15.3. The van der Waals surface area contributed by atoms with E-state index < -0.39 is 0 Å². The van der Waals surface area contributed by atoms with E-state index in [0.717, 1.165) is 57.5 Å². The van der Waals surface area contributed by atoms with Crippen LogP contribution in [-0.2, 0) is 9.47 Å². The van der Waals surface area contributed by atoms with Crippen molar-refractivity contribution in [1.82, 2.24) is 10.6 Å². The minimum absolute atomic E-state index is 0. The zero-order valence-corrected chi connectivity index (χ0v) is 17.6. The normalized spacial score (nSPS) is 17.7. The van der Waals surface area contributed by atoms with E-state index in [2.05, 4.69) is 36.4 Å². The van der Waals surface area contributed by atoms with Gasteiger partial charge in [0.15, 0.2) is 5.96 Å². The maximum atomic E-state index is 5.86. The molecule has 0 aliphatic carbocycles. The van der Waals surface area contributed by atoms with E-state index in [1.165, 1.54) is 12.8 Å². The molecule has 5 nitrogen and oxygen atoms in total. The third kappa shape index (κ3) is 12.0. The molecule has 1 fully saturated rings. The van der Waals surface area contributed by atoms with Crippen LogP contribution in [0.2, 0.25) is 0 Å². The van der Waals surface area contributed by atoms with Crippen LogP contribution in [0.5, 0.6) is 0 Å². The highest BCUT2D eigenvalue weighted by molar-refractivity contribution is 14.0. The van der Waals surface area contributed by atoms with Gasteiger partial charge in [-0.2, -0.15) is 0 Å². The molecule has 0 aromatic rings. The summed E-state index contributed by atoms with van der Waals surface area (Å²) < 4.78 is 11.2. The summed E-state index contributed by atoms with van der Waals surface area (Å²) in [6.45, 7) is 10.1. The average Bonchev–Trinajstić information content (AvgIpc) is 2.52. The summed E-state index contributed by atoms with van der Waals surface area (Å²) in [6, 6.07) is 0.451. The first-order valence-electron chi connectivity index (χ1n) is 8.78. The van der Waals surface area contributed by atoms with Crippen LogP contribution in [0.4, 0.5) is 0 Å². The van der Waals surface area contributed by atoms with Crippen LogP contribution in [0, 0.1) is 5.92 Å². The summed E-state index contributed by atoms with van der Waals surface area (Å²) in [5, 5.41) is 6.80. The Bertz CT molecular complexity index is 308. The molecule has 23 heavy (non-hydrogen) atoms. The zero-order chi connectivity index (χ0) is 16.2. The number of hydrogen-bond donors (Lipinski definition) is 2. The van der Waals surface area contributed by atoms with Gasteiger partial charge in [0.1, 0.15) is 0 Å². The molecule has 1 rings (SSSR count). The lowest BCUT2D eigenvalue weighted by Gasteiger charge is -2.22. The first kappa shape index (κ1) is 22.9. The second kappa shape index (κ2) is 14.3. The summed E-state index contributed by atoms with van der Waals surface area (Å²) >= 11 is 0. The molecule has 138 valence electrons. The third-order valence-corrected chi connectivity index (χ3v) is 3.92. The summed E-state index contributed by atoms with van der Waals surface area (Å²) in [5.41, 5.74) is 0. The first-order chi connectivity index (χ1) is 10.6. The molecule has 1 aliphatic heterocycles. The Kier molecular flexibility index (Phi) is 14.2. The van der Waals surface area contributed by atoms with Crippen molar-refractivity contribution in [3.63, 3.8) is 0 Å². The predicted molar refractivity (Wildman–Crippen MR) is 108 cm³/mol. The fraction of sp³-hybridized carbons (Fsp3) is 0.941. The van der Waals surface area contributed by atoms with Gasteiger partial charge < -0.3 is 20.1 Å². The monoisotopic (exact) mass is 441 g/mol. The first-order valence-corrected chi connectivity index (χ1v) is 8.78. The second-order valence-corrected chi connectivity index (χ2v) is 6.55. The molecular formula is C17H36IN3O2. The molecular weight excluding hydrogens is 405 g/mol. The highest BCUT2D eigenvalue weighted by atomic mass is 127. The van der Waals surface area contributed by atoms with Crippen molar-refractivity contribution < 1.29 is 9.47 Å². The molecule has 1 heterocycles. The smallest absolute Gasteiger partial charge is 0.191 e. The number of hydrogen-bond acceptors (Lipinski definition) is 3. The maximum Gasteiger partial charge on any atom is 0.191 e. The van der Waals surface area contributed by atoms with Gasteiger partial charge in [0.05, 0.1) is 6.10 Å². The quantitative estimate of drug-likeness (QED) is 0.250. The Hall–Kier alpha value is -0.0800. The molecule has 0 spiro atoms. The van der Waals surface area contributed by atoms with E-state index in [9.17, 15) is 0 Å². The van der Waals surface area contributed by atoms with Crippen molar-refractivity contribution in [2.75, 3.05) is 33.4 Å². The number of rotatable bonds is 9. The molecule has 1 saturated heterocycles. The lowest BCUT2D eigenvalue weighted by atomic mass is 10.0. The lowest BCUT2D eigenvalue weighted by molar-refractivity contribution is -0.0320. The van der Waals surface area contributed by atoms with Crippen LogP contribution in [0.3, 0.4) is 0 Å². The van der Waals surface area contributed by atoms with E-state index in [1.54, 1.807) is 0 Å². The topological polar surface area (TPSA) is 54.9 Å². The third-order valence-electron chi connectivity index (χ3n) is 3.92. The van der Waals surface area contributed by atoms with E-state index in [4.69, 9.17) is 9.47 Å². The van der Waals surface area contributed by atoms with Crippen molar-refractivity contribution in [3.05, 3.63) is 0 Å². The SMILES string of the molecule is CN=C(NCCCOC1CCOCC1)NC(C)CCC(C)C.I. The number of halogens is 1. The predicted octanol–water partition coefficient (Wildman–Crippen LogP) is 3.18. The molecule has 0 aromatic carbocycles. The largest absolute Gasteiger partial charge is 0.381 e. The molecule has 0 amide bonds. The van der Waals surface area contributed by atoms with E-state index in [1.807, 2.05) is 7.05 Å². The summed E-state index contributed by atoms with van der Waals surface area (Å²) in [5.74, 6) is 1.64. The fourth-order valence-corrected chi connectivity index (χ4v) is 2.46. The molecule has 1 unspecified atom stereocenters. The Morgan fingerprint density at radius 2 is 1.91 bits per heavy atom. The Balaban J connectivity index is 0.00000484. The van der Waals surface area contributed by atoms with Crippen molar-refractivity contribution >= 4 is 29.9 Å². The summed E-state index contributed by atoms with van der Waals surface area (Å²) in [4.78, 5) is 4.28. The molecule has 6 heteroatoms. The molecule has 1 atom stereocenters. The molecule has 1 aliphatic rings. The minimum Gasteiger partial charge on any atom is -0.381 e. The molecule has 0 bridgehead atoms. The maximum absolute atomic E-state index is 5.86. The van der Waals surface area contributed by atoms with Gasteiger partial charge in [0.25, 0.3) is 0 Å². The van der Waals surface area contributed by atoms with Gasteiger partial charge in [-0.15, -0.1) is 24.0 Å². The number of nitrogens with one attached hydrogen (secondary N) is 2. The van der Waals surface area contributed by atoms with Crippen LogP contribution in [-0.4, -0.2) is 51.5 Å². The van der Waals surface area contributed by atoms with Crippen LogP contribution in [0.15, 0.2) is 4.99 Å². The fourth-order valence-electron chi connectivity index (χ4n) is 2.46. The van der Waals surface area contributed by atoms with E-state index in [-0.39, 0.29) is 24.0 Å². The summed E-state index contributed by atoms with van der Waals surface area (Å²) in [7, 11) is 1.82. The van der Waals surface area contributed by atoms with Gasteiger partial charge in [0.2, 0.25) is 0 Å². The molecule has 0 radical (unpaired) electrons. The van der Waals surface area contributed by atoms with Gasteiger partial charge in [-0.05, 0) is 44.9 Å². The van der Waals surface area contributed by atoms with E-state index >= 15 is 0 Å². The van der Waals surface area contributed by atoms with Gasteiger partial charge in [-0.1, -0.05) is 13.8 Å². The Morgan fingerprint density at radius 1 is 1.22 bits per heavy atom. The highest BCUT2D eigenvalue weighted by Crippen LogP contribution is 2.10. The van der Waals surface area contributed by atoms with Crippen molar-refractivity contribution in [3.8, 4) is 0 Å². The number of guanidine groups is 1. The molecule has 2 N–H and O–H groups in total. The van der Waals surface area contributed by atoms with Crippen molar-refractivity contribution in [2.45, 2.75) is 65.0 Å². The number of aliphatic imine (C=N–C) groups is 1. The minimum atomic E-state index is 0. The van der Waals surface area contributed by atoms with Crippen LogP contribution >= 0.6 is 24.0 Å².